The second-order valence-corrected chi connectivity index (χ2v) is 35.4. The Morgan fingerprint density at radius 3 is 0.652 bits per heavy atom. The summed E-state index contributed by atoms with van der Waals surface area (Å²) in [5.41, 5.74) is 4.07. The van der Waals surface area contributed by atoms with Crippen molar-refractivity contribution >= 4 is 117 Å². The summed E-state index contributed by atoms with van der Waals surface area (Å²) in [7, 11) is -0.863. The molecule has 0 radical (unpaired) electrons. The molecule has 4 aliphatic rings. The number of hydrogen-bond donors (Lipinski definition) is 0. The molecule has 0 heterocycles. The molecule has 12 aromatic rings. The molecule has 12 aromatic carbocycles. The van der Waals surface area contributed by atoms with Gasteiger partial charge in [0, 0.05) is 0 Å². The molecule has 0 atom stereocenters. The summed E-state index contributed by atoms with van der Waals surface area (Å²) in [6.45, 7) is 0. The summed E-state index contributed by atoms with van der Waals surface area (Å²) in [5.74, 6) is 0. The molecule has 0 bridgehead atoms. The fourth-order valence-corrected chi connectivity index (χ4v) is 27.6. The van der Waals surface area contributed by atoms with E-state index in [0.29, 0.717) is 0 Å². The summed E-state index contributed by atoms with van der Waals surface area (Å²) in [4.78, 5) is 0. The third-order valence-corrected chi connectivity index (χ3v) is 31.2. The van der Waals surface area contributed by atoms with Crippen molar-refractivity contribution in [2.45, 2.75) is 151 Å². The van der Waals surface area contributed by atoms with E-state index in [1.807, 2.05) is 0 Å². The fourth-order valence-electron chi connectivity index (χ4n) is 15.2. The van der Waals surface area contributed by atoms with E-state index < -0.39 is 15.8 Å². The van der Waals surface area contributed by atoms with Crippen LogP contribution in [0.3, 0.4) is 0 Å². The second kappa shape index (κ2) is 36.9. The number of rotatable bonds is 12. The van der Waals surface area contributed by atoms with Crippen LogP contribution in [0.1, 0.15) is 128 Å². The van der Waals surface area contributed by atoms with Gasteiger partial charge in [0.2, 0.25) is 0 Å². The van der Waals surface area contributed by atoms with Crippen LogP contribution >= 0.6 is 31.7 Å². The number of fused-ring (bicyclic) bond motifs is 4. The molecule has 468 valence electrons. The summed E-state index contributed by atoms with van der Waals surface area (Å²) >= 11 is 0. The van der Waals surface area contributed by atoms with Gasteiger partial charge in [-0.1, -0.05) is 238 Å². The molecule has 92 heavy (non-hydrogen) atoms. The molecule has 0 unspecified atom stereocenters. The maximum Gasteiger partial charge on any atom is 2.00 e. The van der Waals surface area contributed by atoms with Crippen LogP contribution in [0.15, 0.2) is 267 Å². The largest absolute Gasteiger partial charge is 2.00 e. The quantitative estimate of drug-likeness (QED) is 0.0650. The van der Waals surface area contributed by atoms with E-state index in [9.17, 15) is 0 Å². The molecule has 4 saturated carbocycles. The van der Waals surface area contributed by atoms with Gasteiger partial charge < -0.3 is 24.8 Å². The Morgan fingerprint density at radius 2 is 0.424 bits per heavy atom. The Morgan fingerprint density at radius 1 is 0.228 bits per heavy atom. The Hall–Kier alpha value is -4.07. The van der Waals surface area contributed by atoms with Crippen LogP contribution in [0.25, 0.3) is 43.1 Å². The van der Waals surface area contributed by atoms with Gasteiger partial charge in [-0.3, -0.25) is 0 Å². The average molecular weight is 1390 g/mol. The van der Waals surface area contributed by atoms with E-state index in [0.717, 1.165) is 22.6 Å². The average Bonchev–Trinajstić information content (AvgIpc) is 1.87. The van der Waals surface area contributed by atoms with Crippen molar-refractivity contribution in [3.05, 3.63) is 267 Å². The van der Waals surface area contributed by atoms with Crippen LogP contribution in [0.4, 0.5) is 0 Å². The van der Waals surface area contributed by atoms with Crippen LogP contribution in [-0.2, 0) is 43.4 Å². The molecule has 0 nitrogen and oxygen atoms in total. The topological polar surface area (TPSA) is 0 Å². The minimum absolute atomic E-state index is 0. The third kappa shape index (κ3) is 18.3. The molecule has 0 aromatic heterocycles. The van der Waals surface area contributed by atoms with Crippen molar-refractivity contribution in [3.63, 3.8) is 0 Å². The van der Waals surface area contributed by atoms with Crippen LogP contribution in [0.2, 0.25) is 0 Å². The smallest absolute Gasteiger partial charge is 1.00 e. The maximum absolute atomic E-state index is 2.55. The first-order valence-corrected chi connectivity index (χ1v) is 39.3. The Labute approximate surface area is 598 Å². The Balaban J connectivity index is 0.000000143. The van der Waals surface area contributed by atoms with Crippen molar-refractivity contribution in [1.82, 2.24) is 0 Å². The minimum atomic E-state index is -0.493. The summed E-state index contributed by atoms with van der Waals surface area (Å²) in [5, 5.41) is 23.1. The molecule has 0 aliphatic heterocycles. The van der Waals surface area contributed by atoms with Gasteiger partial charge in [0.15, 0.2) is 0 Å². The van der Waals surface area contributed by atoms with Gasteiger partial charge in [-0.15, -0.1) is 161 Å². The van der Waals surface area contributed by atoms with Crippen LogP contribution in [0, 0.1) is 0 Å². The first-order chi connectivity index (χ1) is 43.7. The van der Waals surface area contributed by atoms with Crippen molar-refractivity contribution in [1.29, 1.82) is 0 Å². The first kappa shape index (κ1) is 72.2. The SMILES string of the molecule is [Cl-].[Cl-].[Ti+2].[Ti+2].c1ccc(P(c2ccccc2)c2cc3ccccc3[cH-]2)cc1.c1ccc(P(c2ccccc2)c2cc3ccccc3[cH-]2)cc1.c1ccc2[cH-]c(P(C3CCCCC3)C3CCCCC3)cc2c1.c1ccc2[cH-]c(P(C3CCCCC3)C3CCCCC3)cc2c1. The standard InChI is InChI=1S/2C21H28P.2C21H16P.2ClH.2Ti/c4*1-3-11-19(12-4-1)22(20-13-5-2-6-14-20)21-15-17-9-7-8-10-18(17)16-21;;;;/h2*7-10,15-16,19-20H,1-6,11-14H2;2*1-16H;2*1H;;/q4*-1;;;2*+2/p-2. The summed E-state index contributed by atoms with van der Waals surface area (Å²) < 4.78 is 0. The van der Waals surface area contributed by atoms with Gasteiger partial charge >= 0.3 is 43.4 Å². The monoisotopic (exact) mass is 1390 g/mol. The molecule has 0 amide bonds. The van der Waals surface area contributed by atoms with Gasteiger partial charge in [0.25, 0.3) is 0 Å². The molecular weight excluding hydrogens is 1300 g/mol. The third-order valence-electron chi connectivity index (χ3n) is 19.5. The number of hydrogen-bond acceptors (Lipinski definition) is 0. The van der Waals surface area contributed by atoms with Crippen molar-refractivity contribution in [2.24, 2.45) is 0 Å². The van der Waals surface area contributed by atoms with Gasteiger partial charge in [0.1, 0.15) is 0 Å². The van der Waals surface area contributed by atoms with Crippen molar-refractivity contribution in [2.75, 3.05) is 0 Å². The Kier molecular flexibility index (Phi) is 28.9. The first-order valence-electron chi connectivity index (χ1n) is 33.7. The van der Waals surface area contributed by atoms with Crippen LogP contribution in [-0.4, -0.2) is 22.6 Å². The molecular formula is C84H88Cl2P4Ti2-2. The predicted octanol–water partition coefficient (Wildman–Crippen LogP) is 15.3. The zero-order valence-electron chi connectivity index (χ0n) is 53.4. The molecule has 0 N–H and O–H groups in total. The second-order valence-electron chi connectivity index (χ2n) is 25.4. The van der Waals surface area contributed by atoms with Crippen molar-refractivity contribution < 1.29 is 68.2 Å². The van der Waals surface area contributed by atoms with Gasteiger partial charge in [-0.05, 0) is 111 Å². The summed E-state index contributed by atoms with van der Waals surface area (Å²) in [6, 6.07) is 98.2. The van der Waals surface area contributed by atoms with Crippen LogP contribution in [0.5, 0.6) is 0 Å². The predicted molar refractivity (Wildman–Crippen MR) is 396 cm³/mol. The van der Waals surface area contributed by atoms with E-state index in [1.54, 1.807) is 10.6 Å². The van der Waals surface area contributed by atoms with E-state index in [4.69, 9.17) is 0 Å². The molecule has 8 heteroatoms. The van der Waals surface area contributed by atoms with Crippen LogP contribution < -0.4 is 67.3 Å². The van der Waals surface area contributed by atoms with E-state index >= 15 is 0 Å². The molecule has 4 aliphatic carbocycles. The van der Waals surface area contributed by atoms with E-state index in [1.165, 1.54) is 203 Å². The minimum Gasteiger partial charge on any atom is -1.00 e. The number of halogens is 2. The fraction of sp³-hybridized carbons (Fsp3) is 0.286. The van der Waals surface area contributed by atoms with E-state index in [2.05, 4.69) is 267 Å². The maximum atomic E-state index is 2.55. The van der Waals surface area contributed by atoms with Crippen molar-refractivity contribution in [3.8, 4) is 0 Å². The molecule has 4 fully saturated rings. The Bertz CT molecular complexity index is 3510. The zero-order valence-corrected chi connectivity index (χ0v) is 61.6. The molecule has 16 rings (SSSR count). The number of benzene rings is 8. The summed E-state index contributed by atoms with van der Waals surface area (Å²) in [6.07, 6.45) is 29.8. The zero-order chi connectivity index (χ0) is 59.1. The molecule has 0 saturated heterocycles. The van der Waals surface area contributed by atoms with Gasteiger partial charge in [0.05, 0.1) is 0 Å². The molecule has 0 spiro atoms. The van der Waals surface area contributed by atoms with Gasteiger partial charge in [-0.2, -0.15) is 24.3 Å². The van der Waals surface area contributed by atoms with E-state index in [-0.39, 0.29) is 84.1 Å². The van der Waals surface area contributed by atoms with Gasteiger partial charge in [-0.25, -0.2) is 0 Å². The normalized spacial score (nSPS) is 15.7.